The first-order valence-corrected chi connectivity index (χ1v) is 7.39. The molecule has 1 rings (SSSR count). The number of carbonyl (C=O) groups is 2. The van der Waals surface area contributed by atoms with Crippen LogP contribution in [0.25, 0.3) is 0 Å². The Morgan fingerprint density at radius 3 is 2.48 bits per heavy atom. The van der Waals surface area contributed by atoms with Crippen LogP contribution in [-0.2, 0) is 9.59 Å². The number of hydrogen-bond acceptors (Lipinski definition) is 3. The molecule has 0 saturated heterocycles. The molecule has 0 radical (unpaired) electrons. The Hall–Kier alpha value is -1.59. The van der Waals surface area contributed by atoms with Crippen molar-refractivity contribution in [2.75, 3.05) is 18.4 Å². The molecule has 1 aromatic rings. The molecule has 5 nitrogen and oxygen atoms in total. The van der Waals surface area contributed by atoms with Crippen molar-refractivity contribution in [2.45, 2.75) is 32.7 Å². The molecule has 0 heterocycles. The molecule has 3 N–H and O–H groups in total. The number of amides is 2. The van der Waals surface area contributed by atoms with Crippen LogP contribution in [0.15, 0.2) is 24.3 Å². The molecule has 0 aliphatic carbocycles. The number of nitrogens with zero attached hydrogens (tertiary/aromatic N) is 1. The second kappa shape index (κ2) is 8.64. The van der Waals surface area contributed by atoms with Gasteiger partial charge in [-0.3, -0.25) is 9.59 Å². The number of benzene rings is 1. The summed E-state index contributed by atoms with van der Waals surface area (Å²) in [5, 5.41) is 3.35. The van der Waals surface area contributed by atoms with E-state index in [0.29, 0.717) is 17.3 Å². The van der Waals surface area contributed by atoms with Gasteiger partial charge in [0.15, 0.2) is 0 Å². The SMILES string of the molecule is CCCN(CC(=O)Nc1ccc(Cl)cc1)C(=O)CC(C)N. The summed E-state index contributed by atoms with van der Waals surface area (Å²) in [5.74, 6) is -0.332. The fourth-order valence-electron chi connectivity index (χ4n) is 1.87. The zero-order chi connectivity index (χ0) is 15.8. The summed E-state index contributed by atoms with van der Waals surface area (Å²) in [6, 6.07) is 6.61. The lowest BCUT2D eigenvalue weighted by atomic mass is 10.2. The summed E-state index contributed by atoms with van der Waals surface area (Å²) in [7, 11) is 0. The van der Waals surface area contributed by atoms with Gasteiger partial charge in [0.1, 0.15) is 0 Å². The Labute approximate surface area is 130 Å². The van der Waals surface area contributed by atoms with E-state index in [0.717, 1.165) is 6.42 Å². The van der Waals surface area contributed by atoms with Gasteiger partial charge in [-0.15, -0.1) is 0 Å². The van der Waals surface area contributed by atoms with Crippen molar-refractivity contribution >= 4 is 29.1 Å². The molecule has 116 valence electrons. The Balaban J connectivity index is 2.59. The molecule has 6 heteroatoms. The predicted molar refractivity (Wildman–Crippen MR) is 85.2 cm³/mol. The van der Waals surface area contributed by atoms with E-state index in [2.05, 4.69) is 5.32 Å². The molecule has 21 heavy (non-hydrogen) atoms. The zero-order valence-corrected chi connectivity index (χ0v) is 13.2. The largest absolute Gasteiger partial charge is 0.333 e. The van der Waals surface area contributed by atoms with E-state index in [1.165, 1.54) is 4.90 Å². The van der Waals surface area contributed by atoms with Gasteiger partial charge in [-0.25, -0.2) is 0 Å². The molecule has 2 amide bonds. The normalized spacial score (nSPS) is 11.8. The van der Waals surface area contributed by atoms with Crippen LogP contribution in [0, 0.1) is 0 Å². The monoisotopic (exact) mass is 311 g/mol. The molecule has 1 unspecified atom stereocenters. The maximum atomic E-state index is 12.0. The minimum atomic E-state index is -0.233. The van der Waals surface area contributed by atoms with E-state index in [4.69, 9.17) is 17.3 Å². The topological polar surface area (TPSA) is 75.4 Å². The summed E-state index contributed by atoms with van der Waals surface area (Å²) in [6.45, 7) is 4.31. The van der Waals surface area contributed by atoms with Crippen LogP contribution >= 0.6 is 11.6 Å². The predicted octanol–water partition coefficient (Wildman–Crippen LogP) is 2.25. The quantitative estimate of drug-likeness (QED) is 0.811. The van der Waals surface area contributed by atoms with Gasteiger partial charge in [0, 0.05) is 29.7 Å². The van der Waals surface area contributed by atoms with Crippen LogP contribution in [-0.4, -0.2) is 35.8 Å². The van der Waals surface area contributed by atoms with Crippen molar-refractivity contribution in [3.8, 4) is 0 Å². The van der Waals surface area contributed by atoms with Gasteiger partial charge in [-0.1, -0.05) is 18.5 Å². The van der Waals surface area contributed by atoms with Gasteiger partial charge in [-0.2, -0.15) is 0 Å². The molecular formula is C15H22ClN3O2. The fraction of sp³-hybridized carbons (Fsp3) is 0.467. The first-order valence-electron chi connectivity index (χ1n) is 7.01. The average Bonchev–Trinajstić information content (AvgIpc) is 2.40. The minimum Gasteiger partial charge on any atom is -0.333 e. The van der Waals surface area contributed by atoms with E-state index in [1.54, 1.807) is 31.2 Å². The van der Waals surface area contributed by atoms with Gasteiger partial charge in [0.05, 0.1) is 6.54 Å². The van der Waals surface area contributed by atoms with E-state index < -0.39 is 0 Å². The molecule has 0 aromatic heterocycles. The Morgan fingerprint density at radius 2 is 1.95 bits per heavy atom. The van der Waals surface area contributed by atoms with Gasteiger partial charge >= 0.3 is 0 Å². The maximum absolute atomic E-state index is 12.0. The highest BCUT2D eigenvalue weighted by atomic mass is 35.5. The number of hydrogen-bond donors (Lipinski definition) is 2. The van der Waals surface area contributed by atoms with Crippen LogP contribution in [0.1, 0.15) is 26.7 Å². The molecular weight excluding hydrogens is 290 g/mol. The molecule has 0 aliphatic heterocycles. The first-order chi connectivity index (χ1) is 9.92. The smallest absolute Gasteiger partial charge is 0.243 e. The third-order valence-corrected chi connectivity index (χ3v) is 3.06. The fourth-order valence-corrected chi connectivity index (χ4v) is 2.00. The Kier molecular flexibility index (Phi) is 7.19. The van der Waals surface area contributed by atoms with Crippen LogP contribution in [0.3, 0.4) is 0 Å². The zero-order valence-electron chi connectivity index (χ0n) is 12.4. The Morgan fingerprint density at radius 1 is 1.33 bits per heavy atom. The van der Waals surface area contributed by atoms with Gasteiger partial charge < -0.3 is 16.0 Å². The highest BCUT2D eigenvalue weighted by Gasteiger charge is 2.17. The van der Waals surface area contributed by atoms with Gasteiger partial charge in [-0.05, 0) is 37.6 Å². The van der Waals surface area contributed by atoms with E-state index >= 15 is 0 Å². The standard InChI is InChI=1S/C15H22ClN3O2/c1-3-8-19(15(21)9-11(2)17)10-14(20)18-13-6-4-12(16)5-7-13/h4-7,11H,3,8-10,17H2,1-2H3,(H,18,20). The lowest BCUT2D eigenvalue weighted by Gasteiger charge is -2.22. The molecule has 0 spiro atoms. The summed E-state index contributed by atoms with van der Waals surface area (Å²) in [6.07, 6.45) is 1.03. The van der Waals surface area contributed by atoms with E-state index in [-0.39, 0.29) is 30.8 Å². The number of carbonyl (C=O) groups excluding carboxylic acids is 2. The van der Waals surface area contributed by atoms with Crippen molar-refractivity contribution < 1.29 is 9.59 Å². The van der Waals surface area contributed by atoms with Gasteiger partial charge in [0.2, 0.25) is 11.8 Å². The lowest BCUT2D eigenvalue weighted by molar-refractivity contribution is -0.135. The molecule has 1 aromatic carbocycles. The summed E-state index contributed by atoms with van der Waals surface area (Å²) < 4.78 is 0. The van der Waals surface area contributed by atoms with Crippen molar-refractivity contribution in [2.24, 2.45) is 5.73 Å². The number of anilines is 1. The average molecular weight is 312 g/mol. The number of nitrogens with one attached hydrogen (secondary N) is 1. The van der Waals surface area contributed by atoms with Crippen LogP contribution < -0.4 is 11.1 Å². The molecule has 1 atom stereocenters. The summed E-state index contributed by atoms with van der Waals surface area (Å²) in [5.41, 5.74) is 6.29. The van der Waals surface area contributed by atoms with Crippen LogP contribution in [0.2, 0.25) is 5.02 Å². The third kappa shape index (κ3) is 6.60. The highest BCUT2D eigenvalue weighted by Crippen LogP contribution is 2.13. The van der Waals surface area contributed by atoms with Crippen molar-refractivity contribution in [1.29, 1.82) is 0 Å². The van der Waals surface area contributed by atoms with E-state index in [9.17, 15) is 9.59 Å². The molecule has 0 saturated carbocycles. The Bertz CT molecular complexity index is 474. The maximum Gasteiger partial charge on any atom is 0.243 e. The summed E-state index contributed by atoms with van der Waals surface area (Å²) in [4.78, 5) is 25.6. The van der Waals surface area contributed by atoms with Crippen molar-refractivity contribution in [3.63, 3.8) is 0 Å². The van der Waals surface area contributed by atoms with Crippen LogP contribution in [0.5, 0.6) is 0 Å². The number of halogens is 1. The van der Waals surface area contributed by atoms with E-state index in [1.807, 2.05) is 6.92 Å². The van der Waals surface area contributed by atoms with Gasteiger partial charge in [0.25, 0.3) is 0 Å². The third-order valence-electron chi connectivity index (χ3n) is 2.81. The second-order valence-electron chi connectivity index (χ2n) is 5.05. The summed E-state index contributed by atoms with van der Waals surface area (Å²) >= 11 is 5.79. The van der Waals surface area contributed by atoms with Crippen LogP contribution in [0.4, 0.5) is 5.69 Å². The highest BCUT2D eigenvalue weighted by molar-refractivity contribution is 6.30. The van der Waals surface area contributed by atoms with Crippen molar-refractivity contribution in [1.82, 2.24) is 4.90 Å². The molecule has 0 bridgehead atoms. The molecule has 0 aliphatic rings. The van der Waals surface area contributed by atoms with Crippen molar-refractivity contribution in [3.05, 3.63) is 29.3 Å². The number of nitrogens with two attached hydrogens (primary N) is 1. The lowest BCUT2D eigenvalue weighted by Crippen LogP contribution is -2.40. The molecule has 0 fully saturated rings. The first kappa shape index (κ1) is 17.5. The number of rotatable bonds is 7. The minimum absolute atomic E-state index is 0.0298. The second-order valence-corrected chi connectivity index (χ2v) is 5.49.